The van der Waals surface area contributed by atoms with Crippen LogP contribution in [0.15, 0.2) is 18.6 Å². The third kappa shape index (κ3) is 4.07. The number of hydrogen-bond acceptors (Lipinski definition) is 5. The molecule has 21 heavy (non-hydrogen) atoms. The third-order valence-corrected chi connectivity index (χ3v) is 3.55. The first-order valence-corrected chi connectivity index (χ1v) is 7.82. The van der Waals surface area contributed by atoms with Crippen LogP contribution in [0.3, 0.4) is 0 Å². The molecule has 0 atom stereocenters. The van der Waals surface area contributed by atoms with Gasteiger partial charge in [0.1, 0.15) is 5.82 Å². The molecule has 2 N–H and O–H groups in total. The summed E-state index contributed by atoms with van der Waals surface area (Å²) in [7, 11) is 0. The molecule has 0 amide bonds. The Labute approximate surface area is 126 Å². The minimum Gasteiger partial charge on any atom is -0.369 e. The molecule has 6 heteroatoms. The molecule has 0 aliphatic carbocycles. The van der Waals surface area contributed by atoms with Gasteiger partial charge in [0.25, 0.3) is 0 Å². The second kappa shape index (κ2) is 7.83. The Bertz CT molecular complexity index is 546. The molecule has 0 unspecified atom stereocenters. The van der Waals surface area contributed by atoms with Crippen LogP contribution in [-0.2, 0) is 0 Å². The average molecular weight is 290 g/mol. The van der Waals surface area contributed by atoms with E-state index in [1.807, 2.05) is 16.8 Å². The molecular formula is C15H26N6. The zero-order valence-corrected chi connectivity index (χ0v) is 13.3. The number of nitrogens with one attached hydrogen (secondary N) is 2. The second-order valence-electron chi connectivity index (χ2n) is 5.01. The smallest absolute Gasteiger partial charge is 0.180 e. The Morgan fingerprint density at radius 1 is 1.14 bits per heavy atom. The lowest BCUT2D eigenvalue weighted by Gasteiger charge is -2.18. The summed E-state index contributed by atoms with van der Waals surface area (Å²) in [5.41, 5.74) is 0.872. The number of nitrogens with zero attached hydrogens (tertiary/aromatic N) is 4. The molecule has 0 radical (unpaired) electrons. The summed E-state index contributed by atoms with van der Waals surface area (Å²) in [6, 6.07) is 0. The van der Waals surface area contributed by atoms with Gasteiger partial charge >= 0.3 is 0 Å². The molecule has 0 spiro atoms. The Morgan fingerprint density at radius 3 is 2.67 bits per heavy atom. The summed E-state index contributed by atoms with van der Waals surface area (Å²) >= 11 is 0. The van der Waals surface area contributed by atoms with Gasteiger partial charge in [0.2, 0.25) is 0 Å². The lowest BCUT2D eigenvalue weighted by Crippen LogP contribution is -2.28. The van der Waals surface area contributed by atoms with Gasteiger partial charge < -0.3 is 19.9 Å². The van der Waals surface area contributed by atoms with Crippen LogP contribution in [0.5, 0.6) is 0 Å². The number of imidazole rings is 1. The predicted octanol–water partition coefficient (Wildman–Crippen LogP) is 2.30. The molecule has 0 bridgehead atoms. The molecule has 0 aliphatic rings. The van der Waals surface area contributed by atoms with E-state index in [-0.39, 0.29) is 0 Å². The second-order valence-corrected chi connectivity index (χ2v) is 5.01. The van der Waals surface area contributed by atoms with Crippen molar-refractivity contribution in [1.82, 2.24) is 19.3 Å². The van der Waals surface area contributed by atoms with Crippen LogP contribution in [0, 0.1) is 0 Å². The maximum Gasteiger partial charge on any atom is 0.180 e. The molecule has 6 nitrogen and oxygen atoms in total. The van der Waals surface area contributed by atoms with Gasteiger partial charge in [-0.2, -0.15) is 0 Å². The van der Waals surface area contributed by atoms with Gasteiger partial charge in [0.15, 0.2) is 11.5 Å². The Hall–Kier alpha value is -1.82. The molecular weight excluding hydrogens is 264 g/mol. The number of likely N-dealkylation sites (N-methyl/N-ethyl adjacent to an activating group) is 1. The van der Waals surface area contributed by atoms with E-state index in [2.05, 4.69) is 46.3 Å². The van der Waals surface area contributed by atoms with Gasteiger partial charge in [-0.05, 0) is 19.5 Å². The van der Waals surface area contributed by atoms with E-state index in [1.54, 1.807) is 6.20 Å². The van der Waals surface area contributed by atoms with Crippen LogP contribution in [-0.4, -0.2) is 52.0 Å². The van der Waals surface area contributed by atoms with Gasteiger partial charge in [-0.15, -0.1) is 0 Å². The summed E-state index contributed by atoms with van der Waals surface area (Å²) in [6.45, 7) is 11.5. The minimum atomic E-state index is 0.841. The zero-order chi connectivity index (χ0) is 15.1. The summed E-state index contributed by atoms with van der Waals surface area (Å²) in [6.07, 6.45) is 6.81. The van der Waals surface area contributed by atoms with Crippen molar-refractivity contribution in [1.29, 1.82) is 0 Å². The lowest BCUT2D eigenvalue weighted by atomic mass is 10.4. The van der Waals surface area contributed by atoms with Crippen molar-refractivity contribution in [2.75, 3.05) is 43.4 Å². The fourth-order valence-electron chi connectivity index (χ4n) is 2.26. The van der Waals surface area contributed by atoms with Gasteiger partial charge in [-0.1, -0.05) is 20.8 Å². The highest BCUT2D eigenvalue weighted by molar-refractivity contribution is 5.65. The van der Waals surface area contributed by atoms with Crippen LogP contribution in [0.4, 0.5) is 11.6 Å². The summed E-state index contributed by atoms with van der Waals surface area (Å²) in [4.78, 5) is 11.4. The molecule has 2 rings (SSSR count). The number of aromatic nitrogens is 3. The monoisotopic (exact) mass is 290 g/mol. The van der Waals surface area contributed by atoms with Crippen LogP contribution in [0.2, 0.25) is 0 Å². The van der Waals surface area contributed by atoms with Crippen LogP contribution < -0.4 is 10.6 Å². The Morgan fingerprint density at radius 2 is 1.95 bits per heavy atom. The first-order chi connectivity index (χ1) is 10.3. The summed E-state index contributed by atoms with van der Waals surface area (Å²) in [5.74, 6) is 1.72. The summed E-state index contributed by atoms with van der Waals surface area (Å²) in [5, 5.41) is 6.74. The number of anilines is 2. The first kappa shape index (κ1) is 15.6. The van der Waals surface area contributed by atoms with Gasteiger partial charge in [-0.25, -0.2) is 9.97 Å². The molecule has 0 aliphatic heterocycles. The molecule has 0 aromatic carbocycles. The number of rotatable bonds is 9. The van der Waals surface area contributed by atoms with Crippen LogP contribution in [0.1, 0.15) is 27.2 Å². The van der Waals surface area contributed by atoms with E-state index in [0.29, 0.717) is 0 Å². The molecule has 2 heterocycles. The predicted molar refractivity (Wildman–Crippen MR) is 88.0 cm³/mol. The van der Waals surface area contributed by atoms with E-state index in [1.165, 1.54) is 0 Å². The van der Waals surface area contributed by atoms with Crippen molar-refractivity contribution < 1.29 is 0 Å². The van der Waals surface area contributed by atoms with Crippen molar-refractivity contribution in [3.63, 3.8) is 0 Å². The van der Waals surface area contributed by atoms with Crippen molar-refractivity contribution in [2.24, 2.45) is 0 Å². The highest BCUT2D eigenvalue weighted by Crippen LogP contribution is 2.16. The standard InChI is InChI=1S/C15H26N6/c1-4-7-16-13-12-21-11-9-18-15(21)14(19-13)17-8-10-20(5-2)6-3/h9,11-12,16H,4-8,10H2,1-3H3,(H,17,19). The molecule has 116 valence electrons. The molecule has 2 aromatic heterocycles. The van der Waals surface area contributed by atoms with E-state index in [4.69, 9.17) is 0 Å². The SMILES string of the molecule is CCCNc1cn2ccnc2c(NCCN(CC)CC)n1. The maximum atomic E-state index is 4.64. The normalized spacial score (nSPS) is 11.2. The lowest BCUT2D eigenvalue weighted by molar-refractivity contribution is 0.316. The Kier molecular flexibility index (Phi) is 5.80. The molecule has 0 fully saturated rings. The molecule has 0 saturated carbocycles. The molecule has 0 saturated heterocycles. The van der Waals surface area contributed by atoms with Gasteiger partial charge in [0.05, 0.1) is 6.20 Å². The van der Waals surface area contributed by atoms with Crippen molar-refractivity contribution in [3.8, 4) is 0 Å². The van der Waals surface area contributed by atoms with Crippen molar-refractivity contribution in [3.05, 3.63) is 18.6 Å². The zero-order valence-electron chi connectivity index (χ0n) is 13.3. The first-order valence-electron chi connectivity index (χ1n) is 7.82. The third-order valence-electron chi connectivity index (χ3n) is 3.55. The highest BCUT2D eigenvalue weighted by Gasteiger charge is 2.07. The van der Waals surface area contributed by atoms with Crippen molar-refractivity contribution in [2.45, 2.75) is 27.2 Å². The Balaban J connectivity index is 2.07. The van der Waals surface area contributed by atoms with E-state index in [0.717, 1.165) is 56.4 Å². The highest BCUT2D eigenvalue weighted by atomic mass is 15.2. The van der Waals surface area contributed by atoms with E-state index in [9.17, 15) is 0 Å². The largest absolute Gasteiger partial charge is 0.369 e. The van der Waals surface area contributed by atoms with Crippen LogP contribution >= 0.6 is 0 Å². The van der Waals surface area contributed by atoms with Crippen molar-refractivity contribution >= 4 is 17.3 Å². The van der Waals surface area contributed by atoms with Crippen LogP contribution in [0.25, 0.3) is 5.65 Å². The topological polar surface area (TPSA) is 57.5 Å². The number of fused-ring (bicyclic) bond motifs is 1. The fourth-order valence-corrected chi connectivity index (χ4v) is 2.26. The van der Waals surface area contributed by atoms with E-state index < -0.39 is 0 Å². The van der Waals surface area contributed by atoms with Gasteiger partial charge in [0, 0.05) is 32.0 Å². The fraction of sp³-hybridized carbons (Fsp3) is 0.600. The minimum absolute atomic E-state index is 0.841. The summed E-state index contributed by atoms with van der Waals surface area (Å²) < 4.78 is 2.00. The maximum absolute atomic E-state index is 4.64. The molecule has 2 aromatic rings. The quantitative estimate of drug-likeness (QED) is 0.742. The number of hydrogen-bond donors (Lipinski definition) is 2. The average Bonchev–Trinajstić information content (AvgIpc) is 2.98. The van der Waals surface area contributed by atoms with E-state index >= 15 is 0 Å². The van der Waals surface area contributed by atoms with Gasteiger partial charge in [-0.3, -0.25) is 0 Å².